The number of anilines is 1. The molecule has 0 aliphatic rings. The van der Waals surface area contributed by atoms with Crippen LogP contribution in [0.5, 0.6) is 0 Å². The summed E-state index contributed by atoms with van der Waals surface area (Å²) < 4.78 is 40.7. The van der Waals surface area contributed by atoms with Gasteiger partial charge in [0.15, 0.2) is 0 Å². The zero-order valence-electron chi connectivity index (χ0n) is 21.2. The number of amides is 2. The van der Waals surface area contributed by atoms with E-state index in [4.69, 9.17) is 0 Å². The molecule has 192 valence electrons. The van der Waals surface area contributed by atoms with Crippen LogP contribution in [0.2, 0.25) is 0 Å². The van der Waals surface area contributed by atoms with Gasteiger partial charge in [0.2, 0.25) is 21.8 Å². The van der Waals surface area contributed by atoms with Gasteiger partial charge in [-0.05, 0) is 56.9 Å². The first-order valence-electron chi connectivity index (χ1n) is 11.8. The molecule has 0 radical (unpaired) electrons. The van der Waals surface area contributed by atoms with Crippen molar-refractivity contribution in [2.24, 2.45) is 0 Å². The standard InChI is InChI=1S/C26H36FN3O4S/c1-6-15-28-26(32)21(4)29(18-22-10-7-8-11-23(22)27)25(31)12-9-16-30(35(5,33)34)24-17-19(2)13-14-20(24)3/h7-8,10-11,13-14,17,21H,6,9,12,15-16,18H2,1-5H3,(H,28,32)/t21-/m1/s1. The highest BCUT2D eigenvalue weighted by Gasteiger charge is 2.27. The zero-order valence-corrected chi connectivity index (χ0v) is 22.0. The summed E-state index contributed by atoms with van der Waals surface area (Å²) in [5, 5.41) is 2.78. The number of carbonyl (C=O) groups is 2. The van der Waals surface area contributed by atoms with Crippen LogP contribution >= 0.6 is 0 Å². The van der Waals surface area contributed by atoms with E-state index in [1.165, 1.54) is 15.3 Å². The summed E-state index contributed by atoms with van der Waals surface area (Å²) in [6.45, 7) is 7.80. The molecule has 0 aliphatic heterocycles. The molecule has 7 nitrogen and oxygen atoms in total. The lowest BCUT2D eigenvalue weighted by atomic mass is 10.1. The van der Waals surface area contributed by atoms with Crippen LogP contribution in [0, 0.1) is 19.7 Å². The topological polar surface area (TPSA) is 86.8 Å². The Bertz CT molecular complexity index is 1140. The van der Waals surface area contributed by atoms with Crippen LogP contribution in [0.25, 0.3) is 0 Å². The molecule has 1 atom stereocenters. The van der Waals surface area contributed by atoms with Gasteiger partial charge in [-0.3, -0.25) is 13.9 Å². The monoisotopic (exact) mass is 505 g/mol. The van der Waals surface area contributed by atoms with Gasteiger partial charge in [-0.2, -0.15) is 0 Å². The third kappa shape index (κ3) is 8.06. The summed E-state index contributed by atoms with van der Waals surface area (Å²) in [5.74, 6) is -1.11. The van der Waals surface area contributed by atoms with Crippen LogP contribution in [0.4, 0.5) is 10.1 Å². The molecule has 1 N–H and O–H groups in total. The summed E-state index contributed by atoms with van der Waals surface area (Å²) in [4.78, 5) is 27.2. The molecule has 0 unspecified atom stereocenters. The van der Waals surface area contributed by atoms with Crippen molar-refractivity contribution in [3.05, 3.63) is 65.0 Å². The first kappa shape index (κ1) is 28.3. The minimum Gasteiger partial charge on any atom is -0.354 e. The van der Waals surface area contributed by atoms with Gasteiger partial charge >= 0.3 is 0 Å². The van der Waals surface area contributed by atoms with Gasteiger partial charge in [-0.15, -0.1) is 0 Å². The molecule has 0 saturated carbocycles. The second-order valence-electron chi connectivity index (χ2n) is 8.81. The van der Waals surface area contributed by atoms with Gasteiger partial charge < -0.3 is 10.2 Å². The number of benzene rings is 2. The lowest BCUT2D eigenvalue weighted by Gasteiger charge is -2.29. The number of sulfonamides is 1. The molecule has 0 aliphatic carbocycles. The molecule has 2 amide bonds. The molecular weight excluding hydrogens is 469 g/mol. The van der Waals surface area contributed by atoms with Crippen molar-refractivity contribution >= 4 is 27.5 Å². The van der Waals surface area contributed by atoms with E-state index in [1.807, 2.05) is 39.0 Å². The van der Waals surface area contributed by atoms with Crippen molar-refractivity contribution < 1.29 is 22.4 Å². The summed E-state index contributed by atoms with van der Waals surface area (Å²) in [6, 6.07) is 10.9. The molecule has 0 fully saturated rings. The highest BCUT2D eigenvalue weighted by Crippen LogP contribution is 2.24. The van der Waals surface area contributed by atoms with Gasteiger partial charge in [0.1, 0.15) is 11.9 Å². The number of carbonyl (C=O) groups excluding carboxylic acids is 2. The molecule has 9 heteroatoms. The second kappa shape index (κ2) is 12.7. The Morgan fingerprint density at radius 3 is 2.43 bits per heavy atom. The molecule has 0 bridgehead atoms. The molecule has 0 spiro atoms. The maximum Gasteiger partial charge on any atom is 0.242 e. The maximum absolute atomic E-state index is 14.3. The predicted octanol–water partition coefficient (Wildman–Crippen LogP) is 3.93. The normalized spacial score (nSPS) is 12.2. The summed E-state index contributed by atoms with van der Waals surface area (Å²) >= 11 is 0. The van der Waals surface area contributed by atoms with E-state index in [-0.39, 0.29) is 37.7 Å². The van der Waals surface area contributed by atoms with Gasteiger partial charge in [-0.1, -0.05) is 37.3 Å². The van der Waals surface area contributed by atoms with E-state index in [0.29, 0.717) is 17.8 Å². The largest absolute Gasteiger partial charge is 0.354 e. The third-order valence-corrected chi connectivity index (χ3v) is 6.98. The Kier molecular flexibility index (Phi) is 10.2. The Morgan fingerprint density at radius 2 is 1.80 bits per heavy atom. The number of nitrogens with one attached hydrogen (secondary N) is 1. The summed E-state index contributed by atoms with van der Waals surface area (Å²) in [6.07, 6.45) is 2.15. The van der Waals surface area contributed by atoms with Gasteiger partial charge in [0, 0.05) is 31.6 Å². The van der Waals surface area contributed by atoms with E-state index in [2.05, 4.69) is 5.32 Å². The van der Waals surface area contributed by atoms with Crippen LogP contribution in [0.1, 0.15) is 49.8 Å². The Balaban J connectivity index is 2.20. The van der Waals surface area contributed by atoms with Crippen LogP contribution < -0.4 is 9.62 Å². The molecule has 0 heterocycles. The molecule has 0 aromatic heterocycles. The fourth-order valence-corrected chi connectivity index (χ4v) is 4.77. The maximum atomic E-state index is 14.3. The quantitative estimate of drug-likeness (QED) is 0.474. The first-order valence-corrected chi connectivity index (χ1v) is 13.7. The average molecular weight is 506 g/mol. The van der Waals surface area contributed by atoms with Crippen LogP contribution in [-0.2, 0) is 26.2 Å². The highest BCUT2D eigenvalue weighted by atomic mass is 32.2. The SMILES string of the molecule is CCCNC(=O)[C@@H](C)N(Cc1ccccc1F)C(=O)CCCN(c1cc(C)ccc1C)S(C)(=O)=O. The van der Waals surface area contributed by atoms with Gasteiger partial charge in [0.05, 0.1) is 11.9 Å². The van der Waals surface area contributed by atoms with Crippen molar-refractivity contribution in [1.82, 2.24) is 10.2 Å². The molecule has 2 aromatic carbocycles. The molecule has 2 rings (SSSR count). The highest BCUT2D eigenvalue weighted by molar-refractivity contribution is 7.92. The van der Waals surface area contributed by atoms with Crippen LogP contribution in [0.3, 0.4) is 0 Å². The van der Waals surface area contributed by atoms with Crippen molar-refractivity contribution in [2.45, 2.75) is 59.5 Å². The predicted molar refractivity (Wildman–Crippen MR) is 137 cm³/mol. The lowest BCUT2D eigenvalue weighted by molar-refractivity contribution is -0.140. The van der Waals surface area contributed by atoms with Gasteiger partial charge in [-0.25, -0.2) is 12.8 Å². The van der Waals surface area contributed by atoms with Crippen molar-refractivity contribution in [3.63, 3.8) is 0 Å². The van der Waals surface area contributed by atoms with E-state index in [9.17, 15) is 22.4 Å². The Labute approximate surface area is 208 Å². The van der Waals surface area contributed by atoms with Crippen LogP contribution in [-0.4, -0.2) is 50.5 Å². The second-order valence-corrected chi connectivity index (χ2v) is 10.7. The fraction of sp³-hybridized carbons (Fsp3) is 0.462. The molecular formula is C26H36FN3O4S. The van der Waals surface area contributed by atoms with E-state index in [0.717, 1.165) is 23.8 Å². The number of nitrogens with zero attached hydrogens (tertiary/aromatic N) is 2. The molecule has 35 heavy (non-hydrogen) atoms. The number of hydrogen-bond acceptors (Lipinski definition) is 4. The zero-order chi connectivity index (χ0) is 26.2. The Morgan fingerprint density at radius 1 is 1.11 bits per heavy atom. The number of aryl methyl sites for hydroxylation is 2. The van der Waals surface area contributed by atoms with E-state index in [1.54, 1.807) is 25.1 Å². The number of rotatable bonds is 12. The minimum atomic E-state index is -3.57. The summed E-state index contributed by atoms with van der Waals surface area (Å²) in [5.41, 5.74) is 2.63. The van der Waals surface area contributed by atoms with E-state index < -0.39 is 21.9 Å². The van der Waals surface area contributed by atoms with Crippen molar-refractivity contribution in [2.75, 3.05) is 23.7 Å². The van der Waals surface area contributed by atoms with Gasteiger partial charge in [0.25, 0.3) is 0 Å². The smallest absolute Gasteiger partial charge is 0.242 e. The fourth-order valence-electron chi connectivity index (χ4n) is 3.76. The average Bonchev–Trinajstić information content (AvgIpc) is 2.80. The number of halogens is 1. The van der Waals surface area contributed by atoms with Crippen molar-refractivity contribution in [3.8, 4) is 0 Å². The summed E-state index contributed by atoms with van der Waals surface area (Å²) in [7, 11) is -3.57. The minimum absolute atomic E-state index is 0.0106. The number of hydrogen-bond donors (Lipinski definition) is 1. The third-order valence-electron chi connectivity index (χ3n) is 5.80. The first-order chi connectivity index (χ1) is 16.5. The lowest BCUT2D eigenvalue weighted by Crippen LogP contribution is -2.48. The van der Waals surface area contributed by atoms with E-state index >= 15 is 0 Å². The van der Waals surface area contributed by atoms with Crippen molar-refractivity contribution in [1.29, 1.82) is 0 Å². The molecule has 0 saturated heterocycles. The Hall–Kier alpha value is -2.94. The van der Waals surface area contributed by atoms with Crippen LogP contribution in [0.15, 0.2) is 42.5 Å². The molecule has 2 aromatic rings.